The van der Waals surface area contributed by atoms with Crippen LogP contribution < -0.4 is 0 Å². The highest BCUT2D eigenvalue weighted by atomic mass is 16.5. The van der Waals surface area contributed by atoms with Crippen LogP contribution in [0.5, 0.6) is 0 Å². The molecule has 0 radical (unpaired) electrons. The van der Waals surface area contributed by atoms with Gasteiger partial charge in [-0.2, -0.15) is 0 Å². The molecule has 0 atom stereocenters. The summed E-state index contributed by atoms with van der Waals surface area (Å²) in [6.45, 7) is 4.91. The SMILES string of the molecule is CC(C)c1cccc(C2(O)COC2)n1. The summed E-state index contributed by atoms with van der Waals surface area (Å²) in [6.07, 6.45) is 0. The van der Waals surface area contributed by atoms with Crippen molar-refractivity contribution in [2.45, 2.75) is 25.4 Å². The van der Waals surface area contributed by atoms with Crippen molar-refractivity contribution in [1.29, 1.82) is 0 Å². The minimum Gasteiger partial charge on any atom is -0.379 e. The molecular formula is C11H15NO2. The van der Waals surface area contributed by atoms with Crippen molar-refractivity contribution >= 4 is 0 Å². The van der Waals surface area contributed by atoms with Crippen molar-refractivity contribution in [2.75, 3.05) is 13.2 Å². The molecule has 0 saturated carbocycles. The van der Waals surface area contributed by atoms with Crippen LogP contribution >= 0.6 is 0 Å². The zero-order valence-corrected chi connectivity index (χ0v) is 8.53. The van der Waals surface area contributed by atoms with Crippen LogP contribution in [0, 0.1) is 0 Å². The van der Waals surface area contributed by atoms with Crippen LogP contribution in [-0.2, 0) is 10.3 Å². The molecule has 1 aliphatic heterocycles. The molecule has 0 amide bonds. The summed E-state index contributed by atoms with van der Waals surface area (Å²) in [6, 6.07) is 5.78. The Hall–Kier alpha value is -0.930. The third kappa shape index (κ3) is 1.53. The second kappa shape index (κ2) is 3.33. The van der Waals surface area contributed by atoms with E-state index in [9.17, 15) is 5.11 Å². The molecule has 0 spiro atoms. The Balaban J connectivity index is 2.30. The highest BCUT2D eigenvalue weighted by Gasteiger charge is 2.39. The van der Waals surface area contributed by atoms with Crippen molar-refractivity contribution in [3.05, 3.63) is 29.6 Å². The molecule has 0 aliphatic carbocycles. The van der Waals surface area contributed by atoms with Crippen LogP contribution in [0.3, 0.4) is 0 Å². The molecule has 76 valence electrons. The van der Waals surface area contributed by atoms with Gasteiger partial charge in [0, 0.05) is 5.69 Å². The fraction of sp³-hybridized carbons (Fsp3) is 0.545. The molecule has 1 aromatic heterocycles. The van der Waals surface area contributed by atoms with Gasteiger partial charge in [0.1, 0.15) is 0 Å². The third-order valence-electron chi connectivity index (χ3n) is 2.52. The van der Waals surface area contributed by atoms with Gasteiger partial charge in [0.2, 0.25) is 0 Å². The lowest BCUT2D eigenvalue weighted by molar-refractivity contribution is -0.186. The lowest BCUT2D eigenvalue weighted by Crippen LogP contribution is -2.47. The van der Waals surface area contributed by atoms with Crippen molar-refractivity contribution in [2.24, 2.45) is 0 Å². The maximum absolute atomic E-state index is 10.0. The molecule has 3 nitrogen and oxygen atoms in total. The van der Waals surface area contributed by atoms with Gasteiger partial charge in [0.15, 0.2) is 5.60 Å². The second-order valence-corrected chi connectivity index (χ2v) is 4.13. The zero-order chi connectivity index (χ0) is 10.2. The van der Waals surface area contributed by atoms with E-state index in [1.807, 2.05) is 18.2 Å². The number of aromatic nitrogens is 1. The average Bonchev–Trinajstić information content (AvgIpc) is 2.14. The molecule has 1 saturated heterocycles. The number of hydrogen-bond acceptors (Lipinski definition) is 3. The molecule has 0 unspecified atom stereocenters. The van der Waals surface area contributed by atoms with Gasteiger partial charge in [-0.15, -0.1) is 0 Å². The van der Waals surface area contributed by atoms with Crippen LogP contribution in [0.1, 0.15) is 31.2 Å². The summed E-state index contributed by atoms with van der Waals surface area (Å²) in [5.74, 6) is 0.388. The van der Waals surface area contributed by atoms with Crippen molar-refractivity contribution in [3.63, 3.8) is 0 Å². The molecule has 1 fully saturated rings. The lowest BCUT2D eigenvalue weighted by Gasteiger charge is -2.35. The van der Waals surface area contributed by atoms with Gasteiger partial charge in [-0.3, -0.25) is 4.98 Å². The van der Waals surface area contributed by atoms with E-state index in [1.165, 1.54) is 0 Å². The Morgan fingerprint density at radius 1 is 1.43 bits per heavy atom. The Morgan fingerprint density at radius 3 is 2.64 bits per heavy atom. The highest BCUT2D eigenvalue weighted by Crippen LogP contribution is 2.28. The Morgan fingerprint density at radius 2 is 2.14 bits per heavy atom. The minimum absolute atomic E-state index is 0.363. The van der Waals surface area contributed by atoms with Gasteiger partial charge in [-0.25, -0.2) is 0 Å². The van der Waals surface area contributed by atoms with E-state index in [0.717, 1.165) is 11.4 Å². The minimum atomic E-state index is -0.842. The van der Waals surface area contributed by atoms with Crippen LogP contribution in [0.4, 0.5) is 0 Å². The van der Waals surface area contributed by atoms with E-state index >= 15 is 0 Å². The summed E-state index contributed by atoms with van der Waals surface area (Å²) >= 11 is 0. The number of aliphatic hydroxyl groups is 1. The Labute approximate surface area is 83.7 Å². The normalized spacial score (nSPS) is 19.4. The first kappa shape index (κ1) is 9.62. The van der Waals surface area contributed by atoms with E-state index in [0.29, 0.717) is 19.1 Å². The van der Waals surface area contributed by atoms with Gasteiger partial charge < -0.3 is 9.84 Å². The molecule has 0 aromatic carbocycles. The standard InChI is InChI=1S/C11H15NO2/c1-8(2)9-4-3-5-10(12-9)11(13)6-14-7-11/h3-5,8,13H,6-7H2,1-2H3. The van der Waals surface area contributed by atoms with Gasteiger partial charge in [0.25, 0.3) is 0 Å². The van der Waals surface area contributed by atoms with E-state index in [1.54, 1.807) is 0 Å². The first-order chi connectivity index (χ1) is 6.62. The number of ether oxygens (including phenoxy) is 1. The van der Waals surface area contributed by atoms with Crippen molar-refractivity contribution < 1.29 is 9.84 Å². The summed E-state index contributed by atoms with van der Waals surface area (Å²) in [7, 11) is 0. The van der Waals surface area contributed by atoms with Gasteiger partial charge in [0.05, 0.1) is 18.9 Å². The van der Waals surface area contributed by atoms with E-state index in [-0.39, 0.29) is 0 Å². The lowest BCUT2D eigenvalue weighted by atomic mass is 9.96. The number of rotatable bonds is 2. The van der Waals surface area contributed by atoms with Gasteiger partial charge in [-0.05, 0) is 18.1 Å². The molecule has 14 heavy (non-hydrogen) atoms. The van der Waals surface area contributed by atoms with Crippen molar-refractivity contribution in [3.8, 4) is 0 Å². The molecule has 0 bridgehead atoms. The zero-order valence-electron chi connectivity index (χ0n) is 8.53. The smallest absolute Gasteiger partial charge is 0.153 e. The summed E-state index contributed by atoms with van der Waals surface area (Å²) in [5, 5.41) is 10.0. The van der Waals surface area contributed by atoms with Crippen LogP contribution in [-0.4, -0.2) is 23.3 Å². The topological polar surface area (TPSA) is 42.4 Å². The predicted molar refractivity (Wildman–Crippen MR) is 53.0 cm³/mol. The van der Waals surface area contributed by atoms with E-state index in [4.69, 9.17) is 4.74 Å². The van der Waals surface area contributed by atoms with Crippen molar-refractivity contribution in [1.82, 2.24) is 4.98 Å². The predicted octanol–water partition coefficient (Wildman–Crippen LogP) is 1.42. The van der Waals surface area contributed by atoms with Crippen LogP contribution in [0.15, 0.2) is 18.2 Å². The Bertz CT molecular complexity index is 332. The van der Waals surface area contributed by atoms with E-state index < -0.39 is 5.60 Å². The third-order valence-corrected chi connectivity index (χ3v) is 2.52. The quantitative estimate of drug-likeness (QED) is 0.772. The van der Waals surface area contributed by atoms with Crippen LogP contribution in [0.25, 0.3) is 0 Å². The molecule has 1 aliphatic rings. The first-order valence-corrected chi connectivity index (χ1v) is 4.89. The summed E-state index contributed by atoms with van der Waals surface area (Å²) < 4.78 is 5.00. The maximum atomic E-state index is 10.0. The summed E-state index contributed by atoms with van der Waals surface area (Å²) in [4.78, 5) is 4.44. The monoisotopic (exact) mass is 193 g/mol. The first-order valence-electron chi connectivity index (χ1n) is 4.89. The molecular weight excluding hydrogens is 178 g/mol. The number of pyridine rings is 1. The maximum Gasteiger partial charge on any atom is 0.153 e. The fourth-order valence-electron chi connectivity index (χ4n) is 1.48. The van der Waals surface area contributed by atoms with Gasteiger partial charge >= 0.3 is 0 Å². The molecule has 1 N–H and O–H groups in total. The molecule has 3 heteroatoms. The second-order valence-electron chi connectivity index (χ2n) is 4.13. The fourth-order valence-corrected chi connectivity index (χ4v) is 1.48. The Kier molecular flexibility index (Phi) is 2.29. The molecule has 2 rings (SSSR count). The molecule has 1 aromatic rings. The van der Waals surface area contributed by atoms with E-state index in [2.05, 4.69) is 18.8 Å². The average molecular weight is 193 g/mol. The number of nitrogens with zero attached hydrogens (tertiary/aromatic N) is 1. The largest absolute Gasteiger partial charge is 0.379 e. The highest BCUT2D eigenvalue weighted by molar-refractivity contribution is 5.20. The van der Waals surface area contributed by atoms with Crippen LogP contribution in [0.2, 0.25) is 0 Å². The molecule has 2 heterocycles. The van der Waals surface area contributed by atoms with Gasteiger partial charge in [-0.1, -0.05) is 19.9 Å². The summed E-state index contributed by atoms with van der Waals surface area (Å²) in [5.41, 5.74) is 0.906. The number of hydrogen-bond donors (Lipinski definition) is 1.